The largest absolute Gasteiger partial charge is 0.394 e. The van der Waals surface area contributed by atoms with Crippen LogP contribution in [0.5, 0.6) is 0 Å². The Labute approximate surface area is 105 Å². The second kappa shape index (κ2) is 9.85. The van der Waals surface area contributed by atoms with E-state index in [2.05, 4.69) is 6.92 Å². The highest BCUT2D eigenvalue weighted by Crippen LogP contribution is 2.31. The third-order valence-electron chi connectivity index (χ3n) is 3.19. The van der Waals surface area contributed by atoms with Crippen LogP contribution in [0.3, 0.4) is 0 Å². The van der Waals surface area contributed by atoms with E-state index in [1.54, 1.807) is 0 Å². The topological polar surface area (TPSA) is 74.6 Å². The zero-order valence-corrected chi connectivity index (χ0v) is 11.6. The Kier molecular flexibility index (Phi) is 9.78. The van der Waals surface area contributed by atoms with Crippen molar-refractivity contribution in [1.29, 1.82) is 0 Å². The molecule has 0 aromatic rings. The van der Waals surface area contributed by atoms with Crippen LogP contribution in [0.15, 0.2) is 0 Å². The quantitative estimate of drug-likeness (QED) is 0.541. The lowest BCUT2D eigenvalue weighted by Crippen LogP contribution is -2.10. The molecule has 0 aromatic heterocycles. The Morgan fingerprint density at radius 2 is 1.47 bits per heavy atom. The van der Waals surface area contributed by atoms with E-state index in [-0.39, 0.29) is 0 Å². The third kappa shape index (κ3) is 15.9. The number of hydrogen-bond acceptors (Lipinski definition) is 2. The number of hydrogen-bond donors (Lipinski definition) is 2. The molecule has 0 saturated heterocycles. The van der Waals surface area contributed by atoms with E-state index in [9.17, 15) is 0 Å². The van der Waals surface area contributed by atoms with Crippen molar-refractivity contribution < 1.29 is 17.5 Å². The van der Waals surface area contributed by atoms with Gasteiger partial charge in [-0.25, -0.2) is 0 Å². The van der Waals surface area contributed by atoms with Crippen LogP contribution >= 0.6 is 0 Å². The average Bonchev–Trinajstić information content (AvgIpc) is 2.11. The van der Waals surface area contributed by atoms with E-state index in [1.165, 1.54) is 64.2 Å². The second-order valence-electron chi connectivity index (χ2n) is 4.80. The maximum Gasteiger partial charge on any atom is 0.394 e. The van der Waals surface area contributed by atoms with Crippen molar-refractivity contribution in [2.45, 2.75) is 71.1 Å². The van der Waals surface area contributed by atoms with Crippen LogP contribution in [-0.4, -0.2) is 17.5 Å². The molecule has 0 aromatic carbocycles. The van der Waals surface area contributed by atoms with Crippen LogP contribution < -0.4 is 0 Å². The van der Waals surface area contributed by atoms with Gasteiger partial charge in [0.15, 0.2) is 0 Å². The standard InChI is InChI=1S/C12H24.H2O4S/c1-2-3-4-5-6-7-9-12-10-8-11-12;1-5(2,3)4/h12H,2-11H2,1H3;(H2,1,2,3,4). The monoisotopic (exact) mass is 266 g/mol. The minimum atomic E-state index is -4.67. The van der Waals surface area contributed by atoms with Gasteiger partial charge in [0.25, 0.3) is 0 Å². The Bertz CT molecular complexity index is 250. The zero-order chi connectivity index (χ0) is 13.1. The molecular weight excluding hydrogens is 240 g/mol. The Hall–Kier alpha value is -0.130. The van der Waals surface area contributed by atoms with Gasteiger partial charge in [-0.3, -0.25) is 9.11 Å². The summed E-state index contributed by atoms with van der Waals surface area (Å²) in [7, 11) is -4.67. The van der Waals surface area contributed by atoms with Crippen LogP contribution in [0.4, 0.5) is 0 Å². The van der Waals surface area contributed by atoms with E-state index in [1.807, 2.05) is 0 Å². The van der Waals surface area contributed by atoms with Gasteiger partial charge in [-0.05, 0) is 5.92 Å². The van der Waals surface area contributed by atoms with E-state index in [0.29, 0.717) is 0 Å². The molecule has 2 N–H and O–H groups in total. The summed E-state index contributed by atoms with van der Waals surface area (Å²) in [5, 5.41) is 0. The van der Waals surface area contributed by atoms with Crippen molar-refractivity contribution in [3.05, 3.63) is 0 Å². The molecule has 1 aliphatic carbocycles. The SMILES string of the molecule is CCCCCCCCC1CCC1.O=S(=O)(O)O. The van der Waals surface area contributed by atoms with E-state index in [4.69, 9.17) is 17.5 Å². The van der Waals surface area contributed by atoms with Crippen molar-refractivity contribution in [3.63, 3.8) is 0 Å². The molecule has 1 rings (SSSR count). The fourth-order valence-corrected chi connectivity index (χ4v) is 1.99. The molecule has 0 atom stereocenters. The first kappa shape index (κ1) is 16.9. The third-order valence-corrected chi connectivity index (χ3v) is 3.19. The maximum atomic E-state index is 8.74. The summed E-state index contributed by atoms with van der Waals surface area (Å²) in [5.74, 6) is 1.14. The average molecular weight is 266 g/mol. The fraction of sp³-hybridized carbons (Fsp3) is 1.00. The van der Waals surface area contributed by atoms with Crippen molar-refractivity contribution in [3.8, 4) is 0 Å². The summed E-state index contributed by atoms with van der Waals surface area (Å²) < 4.78 is 31.6. The maximum absolute atomic E-state index is 8.74. The summed E-state index contributed by atoms with van der Waals surface area (Å²) >= 11 is 0. The van der Waals surface area contributed by atoms with E-state index < -0.39 is 10.4 Å². The molecule has 0 unspecified atom stereocenters. The van der Waals surface area contributed by atoms with Crippen molar-refractivity contribution in [2.75, 3.05) is 0 Å². The molecule has 0 bridgehead atoms. The van der Waals surface area contributed by atoms with Gasteiger partial charge in [0.05, 0.1) is 0 Å². The lowest BCUT2D eigenvalue weighted by atomic mass is 9.81. The minimum Gasteiger partial charge on any atom is -0.264 e. The minimum absolute atomic E-state index is 1.14. The van der Waals surface area contributed by atoms with E-state index in [0.717, 1.165) is 5.92 Å². The van der Waals surface area contributed by atoms with Gasteiger partial charge >= 0.3 is 10.4 Å². The zero-order valence-electron chi connectivity index (χ0n) is 10.8. The second-order valence-corrected chi connectivity index (χ2v) is 5.70. The highest BCUT2D eigenvalue weighted by atomic mass is 32.3. The Balaban J connectivity index is 0.000000437. The van der Waals surface area contributed by atoms with Gasteiger partial charge in [-0.15, -0.1) is 0 Å². The molecular formula is C12H26O4S. The lowest BCUT2D eigenvalue weighted by molar-refractivity contribution is 0.286. The molecule has 0 heterocycles. The molecule has 0 amide bonds. The highest BCUT2D eigenvalue weighted by Gasteiger charge is 2.15. The molecule has 4 nitrogen and oxygen atoms in total. The van der Waals surface area contributed by atoms with Gasteiger partial charge in [-0.2, -0.15) is 8.42 Å². The van der Waals surface area contributed by atoms with Crippen LogP contribution in [0.2, 0.25) is 0 Å². The van der Waals surface area contributed by atoms with Crippen LogP contribution in [0, 0.1) is 5.92 Å². The predicted octanol–water partition coefficient (Wildman–Crippen LogP) is 3.88. The summed E-state index contributed by atoms with van der Waals surface area (Å²) in [6.07, 6.45) is 14.9. The van der Waals surface area contributed by atoms with Gasteiger partial charge in [0.1, 0.15) is 0 Å². The lowest BCUT2D eigenvalue weighted by Gasteiger charge is -2.24. The summed E-state index contributed by atoms with van der Waals surface area (Å²) in [4.78, 5) is 0. The van der Waals surface area contributed by atoms with Crippen LogP contribution in [0.1, 0.15) is 71.1 Å². The van der Waals surface area contributed by atoms with Gasteiger partial charge < -0.3 is 0 Å². The molecule has 1 aliphatic rings. The molecule has 104 valence electrons. The van der Waals surface area contributed by atoms with E-state index >= 15 is 0 Å². The first-order valence-electron chi connectivity index (χ1n) is 6.63. The molecule has 5 heteroatoms. The molecule has 0 radical (unpaired) electrons. The van der Waals surface area contributed by atoms with Crippen molar-refractivity contribution >= 4 is 10.4 Å². The van der Waals surface area contributed by atoms with Crippen molar-refractivity contribution in [2.24, 2.45) is 5.92 Å². The number of unbranched alkanes of at least 4 members (excludes halogenated alkanes) is 5. The van der Waals surface area contributed by atoms with Crippen molar-refractivity contribution in [1.82, 2.24) is 0 Å². The molecule has 17 heavy (non-hydrogen) atoms. The van der Waals surface area contributed by atoms with Crippen LogP contribution in [-0.2, 0) is 10.4 Å². The smallest absolute Gasteiger partial charge is 0.264 e. The summed E-state index contributed by atoms with van der Waals surface area (Å²) in [5.41, 5.74) is 0. The molecule has 1 fully saturated rings. The number of rotatable bonds is 7. The Morgan fingerprint density at radius 3 is 1.88 bits per heavy atom. The summed E-state index contributed by atoms with van der Waals surface area (Å²) in [6.45, 7) is 2.29. The first-order valence-corrected chi connectivity index (χ1v) is 8.03. The molecule has 1 saturated carbocycles. The van der Waals surface area contributed by atoms with Gasteiger partial charge in [-0.1, -0.05) is 71.1 Å². The normalized spacial score (nSPS) is 15.9. The predicted molar refractivity (Wildman–Crippen MR) is 69.5 cm³/mol. The van der Waals surface area contributed by atoms with Gasteiger partial charge in [0, 0.05) is 0 Å². The Morgan fingerprint density at radius 1 is 1.00 bits per heavy atom. The fourth-order valence-electron chi connectivity index (χ4n) is 1.99. The van der Waals surface area contributed by atoms with Crippen LogP contribution in [0.25, 0.3) is 0 Å². The summed E-state index contributed by atoms with van der Waals surface area (Å²) in [6, 6.07) is 0. The molecule has 0 spiro atoms. The highest BCUT2D eigenvalue weighted by molar-refractivity contribution is 7.79. The molecule has 0 aliphatic heterocycles. The first-order chi connectivity index (χ1) is 7.93. The van der Waals surface area contributed by atoms with Gasteiger partial charge in [0.2, 0.25) is 0 Å².